The summed E-state index contributed by atoms with van der Waals surface area (Å²) in [7, 11) is 0. The molecule has 38 heavy (non-hydrogen) atoms. The SMILES string of the molecule is CCC(C)C[C-](c1ccccc1)c1ccc(-c2ccc([C-](CC(C)CC)c3ccccc3)cc2)cc1.[Li+].[Li+]. The van der Waals surface area contributed by atoms with Crippen LogP contribution in [-0.2, 0) is 0 Å². The Morgan fingerprint density at radius 3 is 1.03 bits per heavy atom. The predicted octanol–water partition coefficient (Wildman–Crippen LogP) is 4.18. The largest absolute Gasteiger partial charge is 1.00 e. The van der Waals surface area contributed by atoms with E-state index in [0.29, 0.717) is 11.8 Å². The first-order valence-electron chi connectivity index (χ1n) is 13.6. The van der Waals surface area contributed by atoms with Crippen LogP contribution in [-0.4, -0.2) is 0 Å². The zero-order valence-electron chi connectivity index (χ0n) is 24.4. The summed E-state index contributed by atoms with van der Waals surface area (Å²) in [5, 5.41) is 0. The number of benzene rings is 4. The van der Waals surface area contributed by atoms with Crippen molar-refractivity contribution in [1.29, 1.82) is 0 Å². The van der Waals surface area contributed by atoms with Gasteiger partial charge in [-0.15, -0.1) is 82.6 Å². The van der Waals surface area contributed by atoms with E-state index >= 15 is 0 Å². The molecule has 0 nitrogen and oxygen atoms in total. The van der Waals surface area contributed by atoms with Gasteiger partial charge in [0.25, 0.3) is 0 Å². The summed E-state index contributed by atoms with van der Waals surface area (Å²) >= 11 is 0. The third kappa shape index (κ3) is 8.41. The van der Waals surface area contributed by atoms with Crippen molar-refractivity contribution in [3.05, 3.63) is 143 Å². The molecule has 2 atom stereocenters. The minimum Gasteiger partial charge on any atom is -0.120 e. The van der Waals surface area contributed by atoms with Gasteiger partial charge in [0, 0.05) is 0 Å². The fourth-order valence-corrected chi connectivity index (χ4v) is 4.80. The molecule has 0 amide bonds. The second kappa shape index (κ2) is 16.0. The first kappa shape index (κ1) is 32.0. The van der Waals surface area contributed by atoms with E-state index < -0.39 is 0 Å². The minimum absolute atomic E-state index is 0. The van der Waals surface area contributed by atoms with Crippen molar-refractivity contribution in [3.8, 4) is 11.1 Å². The molecule has 0 saturated heterocycles. The van der Waals surface area contributed by atoms with E-state index in [1.54, 1.807) is 0 Å². The van der Waals surface area contributed by atoms with Crippen LogP contribution >= 0.6 is 0 Å². The summed E-state index contributed by atoms with van der Waals surface area (Å²) in [4.78, 5) is 0. The van der Waals surface area contributed by atoms with Crippen LogP contribution in [0.25, 0.3) is 11.1 Å². The van der Waals surface area contributed by atoms with Gasteiger partial charge in [-0.1, -0.05) is 114 Å². The third-order valence-electron chi connectivity index (χ3n) is 7.54. The maximum Gasteiger partial charge on any atom is 1.00 e. The molecule has 0 N–H and O–H groups in total. The molecule has 0 aliphatic carbocycles. The molecule has 0 aromatic heterocycles. The van der Waals surface area contributed by atoms with Crippen molar-refractivity contribution in [2.75, 3.05) is 0 Å². The molecule has 0 fully saturated rings. The van der Waals surface area contributed by atoms with Crippen LogP contribution in [0.3, 0.4) is 0 Å². The Bertz CT molecular complexity index is 1070. The maximum atomic E-state index is 2.35. The van der Waals surface area contributed by atoms with Crippen molar-refractivity contribution in [1.82, 2.24) is 0 Å². The van der Waals surface area contributed by atoms with E-state index in [4.69, 9.17) is 0 Å². The van der Waals surface area contributed by atoms with Gasteiger partial charge in [0.2, 0.25) is 0 Å². The van der Waals surface area contributed by atoms with Crippen LogP contribution in [0.1, 0.15) is 75.6 Å². The second-order valence-electron chi connectivity index (χ2n) is 10.3. The van der Waals surface area contributed by atoms with Gasteiger partial charge in [-0.05, 0) is 23.0 Å². The average molecular weight is 487 g/mol. The monoisotopic (exact) mass is 486 g/mol. The van der Waals surface area contributed by atoms with Crippen LogP contribution < -0.4 is 37.7 Å². The van der Waals surface area contributed by atoms with Crippen molar-refractivity contribution in [3.63, 3.8) is 0 Å². The fourth-order valence-electron chi connectivity index (χ4n) is 4.80. The molecule has 4 aromatic carbocycles. The Kier molecular flexibility index (Phi) is 13.5. The minimum atomic E-state index is 0. The van der Waals surface area contributed by atoms with Gasteiger partial charge < -0.3 is 0 Å². The van der Waals surface area contributed by atoms with Crippen LogP contribution in [0.4, 0.5) is 0 Å². The van der Waals surface area contributed by atoms with Crippen molar-refractivity contribution in [2.45, 2.75) is 53.4 Å². The molecule has 186 valence electrons. The average Bonchev–Trinajstić information content (AvgIpc) is 2.95. The fraction of sp³-hybridized carbons (Fsp3) is 0.278. The molecule has 2 heteroatoms. The van der Waals surface area contributed by atoms with Crippen molar-refractivity contribution in [2.24, 2.45) is 11.8 Å². The van der Waals surface area contributed by atoms with E-state index in [0.717, 1.165) is 12.8 Å². The van der Waals surface area contributed by atoms with Gasteiger partial charge in [-0.2, -0.15) is 0 Å². The van der Waals surface area contributed by atoms with Crippen molar-refractivity contribution < 1.29 is 37.7 Å². The molecule has 0 aliphatic heterocycles. The Morgan fingerprint density at radius 1 is 0.447 bits per heavy atom. The Labute approximate surface area is 256 Å². The normalized spacial score (nSPS) is 12.0. The predicted molar refractivity (Wildman–Crippen MR) is 156 cm³/mol. The molecule has 0 spiro atoms. The molecule has 0 saturated carbocycles. The van der Waals surface area contributed by atoms with Gasteiger partial charge in [-0.3, -0.25) is 0 Å². The van der Waals surface area contributed by atoms with E-state index in [-0.39, 0.29) is 37.7 Å². The van der Waals surface area contributed by atoms with Gasteiger partial charge in [0.15, 0.2) is 0 Å². The zero-order valence-corrected chi connectivity index (χ0v) is 24.4. The van der Waals surface area contributed by atoms with Gasteiger partial charge in [0.05, 0.1) is 0 Å². The molecular formula is C36H40Li2. The summed E-state index contributed by atoms with van der Waals surface area (Å²) in [5.74, 6) is 4.22. The Morgan fingerprint density at radius 2 is 0.737 bits per heavy atom. The van der Waals surface area contributed by atoms with Crippen LogP contribution in [0.2, 0.25) is 0 Å². The molecule has 4 rings (SSSR count). The van der Waals surface area contributed by atoms with Gasteiger partial charge in [-0.25, -0.2) is 0 Å². The topological polar surface area (TPSA) is 0 Å². The summed E-state index contributed by atoms with van der Waals surface area (Å²) < 4.78 is 0. The number of rotatable bonds is 11. The molecule has 0 aliphatic rings. The van der Waals surface area contributed by atoms with Crippen molar-refractivity contribution >= 4 is 0 Å². The summed E-state index contributed by atoms with van der Waals surface area (Å²) in [6, 6.07) is 40.1. The van der Waals surface area contributed by atoms with Crippen LogP contribution in [0, 0.1) is 23.7 Å². The first-order chi connectivity index (χ1) is 17.6. The van der Waals surface area contributed by atoms with Gasteiger partial charge in [0.1, 0.15) is 0 Å². The molecular weight excluding hydrogens is 446 g/mol. The smallest absolute Gasteiger partial charge is 0.120 e. The quantitative estimate of drug-likeness (QED) is 0.221. The first-order valence-corrected chi connectivity index (χ1v) is 13.6. The van der Waals surface area contributed by atoms with E-state index in [1.165, 1.54) is 58.1 Å². The summed E-state index contributed by atoms with van der Waals surface area (Å²) in [6.07, 6.45) is 4.59. The molecule has 2 unspecified atom stereocenters. The van der Waals surface area contributed by atoms with Gasteiger partial charge >= 0.3 is 37.7 Å². The standard InChI is InChI=1S/C36H40.2Li/c1-5-27(3)25-35(31-13-9-7-10-14-31)33-21-17-29(18-22-33)30-19-23-34(24-20-30)36(26-28(4)6-2)32-15-11-8-12-16-32;;/h7-24,27-28H,5-6,25-26H2,1-4H3;;/q-2;2*+1. The van der Waals surface area contributed by atoms with Crippen LogP contribution in [0.15, 0.2) is 109 Å². The molecule has 4 aromatic rings. The third-order valence-corrected chi connectivity index (χ3v) is 7.54. The number of hydrogen-bond acceptors (Lipinski definition) is 0. The van der Waals surface area contributed by atoms with E-state index in [9.17, 15) is 0 Å². The summed E-state index contributed by atoms with van der Waals surface area (Å²) in [6.45, 7) is 9.26. The Balaban J connectivity index is 0.00000253. The van der Waals surface area contributed by atoms with Crippen LogP contribution in [0.5, 0.6) is 0 Å². The second-order valence-corrected chi connectivity index (χ2v) is 10.3. The van der Waals surface area contributed by atoms with E-state index in [2.05, 4.69) is 137 Å². The number of hydrogen-bond donors (Lipinski definition) is 0. The Hall–Kier alpha value is -2.19. The molecule has 0 radical (unpaired) electrons. The molecule has 0 heterocycles. The van der Waals surface area contributed by atoms with E-state index in [1.807, 2.05) is 0 Å². The zero-order chi connectivity index (χ0) is 25.3. The summed E-state index contributed by atoms with van der Waals surface area (Å²) in [5.41, 5.74) is 7.86. The maximum absolute atomic E-state index is 2.35. The molecule has 0 bridgehead atoms.